The summed E-state index contributed by atoms with van der Waals surface area (Å²) in [5.41, 5.74) is 1.23. The Morgan fingerprint density at radius 1 is 1.41 bits per heavy atom. The number of likely N-dealkylation sites (tertiary alicyclic amines) is 1. The average Bonchev–Trinajstić information content (AvgIpc) is 2.54. The zero-order chi connectivity index (χ0) is 15.9. The molecule has 0 saturated carbocycles. The van der Waals surface area contributed by atoms with Gasteiger partial charge in [0.2, 0.25) is 0 Å². The number of nitrogens with one attached hydrogen (secondary N) is 1. The van der Waals surface area contributed by atoms with Crippen molar-refractivity contribution in [1.82, 2.24) is 10.2 Å². The van der Waals surface area contributed by atoms with Gasteiger partial charge in [0.05, 0.1) is 13.2 Å². The van der Waals surface area contributed by atoms with Gasteiger partial charge < -0.3 is 20.1 Å². The third-order valence-electron chi connectivity index (χ3n) is 4.28. The second-order valence-electron chi connectivity index (χ2n) is 5.96. The molecule has 122 valence electrons. The molecule has 5 heteroatoms. The second-order valence-corrected chi connectivity index (χ2v) is 5.96. The van der Waals surface area contributed by atoms with E-state index in [-0.39, 0.29) is 11.9 Å². The van der Waals surface area contributed by atoms with Crippen molar-refractivity contribution < 1.29 is 14.6 Å². The first-order valence-electron chi connectivity index (χ1n) is 7.94. The minimum atomic E-state index is -0.404. The van der Waals surface area contributed by atoms with Crippen LogP contribution < -0.4 is 10.1 Å². The smallest absolute Gasteiger partial charge is 0.317 e. The number of rotatable bonds is 5. The van der Waals surface area contributed by atoms with Crippen molar-refractivity contribution in [3.05, 3.63) is 29.8 Å². The number of piperidine rings is 1. The molecule has 0 bridgehead atoms. The van der Waals surface area contributed by atoms with Gasteiger partial charge in [-0.2, -0.15) is 0 Å². The van der Waals surface area contributed by atoms with E-state index >= 15 is 0 Å². The molecule has 5 nitrogen and oxygen atoms in total. The van der Waals surface area contributed by atoms with Crippen molar-refractivity contribution in [1.29, 1.82) is 0 Å². The second kappa shape index (κ2) is 8.03. The van der Waals surface area contributed by atoms with E-state index in [1.54, 1.807) is 12.0 Å². The molecule has 2 rings (SSSR count). The molecule has 2 amide bonds. The fourth-order valence-corrected chi connectivity index (χ4v) is 2.63. The van der Waals surface area contributed by atoms with Crippen molar-refractivity contribution in [3.63, 3.8) is 0 Å². The summed E-state index contributed by atoms with van der Waals surface area (Å²) in [4.78, 5) is 13.7. The van der Waals surface area contributed by atoms with Crippen LogP contribution >= 0.6 is 0 Å². The van der Waals surface area contributed by atoms with E-state index in [1.165, 1.54) is 5.56 Å². The third kappa shape index (κ3) is 4.63. The summed E-state index contributed by atoms with van der Waals surface area (Å²) < 4.78 is 5.13. The van der Waals surface area contributed by atoms with Gasteiger partial charge in [-0.25, -0.2) is 4.79 Å². The normalized spacial score (nSPS) is 21.5. The van der Waals surface area contributed by atoms with Gasteiger partial charge in [-0.3, -0.25) is 0 Å². The standard InChI is InChI=1S/C17H26N2O3/c1-13-9-11-19(12-16(13)20)17(21)18-10-3-4-14-5-7-15(22-2)8-6-14/h5-8,13,16,20H,3-4,9-12H2,1-2H3,(H,18,21). The number of aryl methyl sites for hydroxylation is 1. The highest BCUT2D eigenvalue weighted by molar-refractivity contribution is 5.74. The number of nitrogens with zero attached hydrogens (tertiary/aromatic N) is 1. The van der Waals surface area contributed by atoms with Crippen molar-refractivity contribution in [3.8, 4) is 5.75 Å². The average molecular weight is 306 g/mol. The Kier molecular flexibility index (Phi) is 6.07. The van der Waals surface area contributed by atoms with Crippen LogP contribution in [0.4, 0.5) is 4.79 Å². The van der Waals surface area contributed by atoms with Crippen LogP contribution in [0.1, 0.15) is 25.3 Å². The lowest BCUT2D eigenvalue weighted by molar-refractivity contribution is 0.0436. The van der Waals surface area contributed by atoms with Crippen LogP contribution in [0.25, 0.3) is 0 Å². The summed E-state index contributed by atoms with van der Waals surface area (Å²) >= 11 is 0. The molecule has 0 aliphatic carbocycles. The number of carbonyl (C=O) groups excluding carboxylic acids is 1. The molecule has 2 atom stereocenters. The predicted octanol–water partition coefficient (Wildman–Crippen LogP) is 2.04. The molecular weight excluding hydrogens is 280 g/mol. The van der Waals surface area contributed by atoms with Crippen LogP contribution in [0.15, 0.2) is 24.3 Å². The van der Waals surface area contributed by atoms with Gasteiger partial charge in [0.25, 0.3) is 0 Å². The molecule has 0 radical (unpaired) electrons. The number of hydrogen-bond acceptors (Lipinski definition) is 3. The maximum Gasteiger partial charge on any atom is 0.317 e. The Morgan fingerprint density at radius 3 is 2.77 bits per heavy atom. The minimum Gasteiger partial charge on any atom is -0.497 e. The molecule has 1 aliphatic rings. The van der Waals surface area contributed by atoms with Crippen molar-refractivity contribution >= 4 is 6.03 Å². The van der Waals surface area contributed by atoms with E-state index in [4.69, 9.17) is 4.74 Å². The molecule has 2 unspecified atom stereocenters. The summed E-state index contributed by atoms with van der Waals surface area (Å²) in [6.45, 7) is 3.83. The molecule has 1 fully saturated rings. The molecule has 1 heterocycles. The zero-order valence-corrected chi connectivity index (χ0v) is 13.4. The van der Waals surface area contributed by atoms with Crippen molar-refractivity contribution in [2.24, 2.45) is 5.92 Å². The molecule has 0 spiro atoms. The Balaban J connectivity index is 1.66. The summed E-state index contributed by atoms with van der Waals surface area (Å²) in [6, 6.07) is 7.92. The molecule has 1 saturated heterocycles. The van der Waals surface area contributed by atoms with Gasteiger partial charge in [-0.15, -0.1) is 0 Å². The zero-order valence-electron chi connectivity index (χ0n) is 13.4. The highest BCUT2D eigenvalue weighted by Crippen LogP contribution is 2.17. The maximum absolute atomic E-state index is 12.0. The van der Waals surface area contributed by atoms with Gasteiger partial charge in [-0.05, 0) is 42.9 Å². The minimum absolute atomic E-state index is 0.0688. The van der Waals surface area contributed by atoms with E-state index in [9.17, 15) is 9.90 Å². The number of β-amino-alcohol motifs (C(OH)–C–C–N with tert-alkyl or cyclic N) is 1. The highest BCUT2D eigenvalue weighted by atomic mass is 16.5. The Bertz CT molecular complexity index is 475. The molecule has 1 aromatic rings. The number of urea groups is 1. The number of ether oxygens (including phenoxy) is 1. The number of amides is 2. The summed E-state index contributed by atoms with van der Waals surface area (Å²) in [5, 5.41) is 12.8. The van der Waals surface area contributed by atoms with Gasteiger partial charge in [0, 0.05) is 19.6 Å². The third-order valence-corrected chi connectivity index (χ3v) is 4.28. The van der Waals surface area contributed by atoms with E-state index in [1.807, 2.05) is 31.2 Å². The Hall–Kier alpha value is -1.75. The molecule has 1 aromatic carbocycles. The van der Waals surface area contributed by atoms with Gasteiger partial charge in [-0.1, -0.05) is 19.1 Å². The lowest BCUT2D eigenvalue weighted by Gasteiger charge is -2.34. The van der Waals surface area contributed by atoms with Crippen LogP contribution in [0.3, 0.4) is 0 Å². The van der Waals surface area contributed by atoms with Gasteiger partial charge in [0.15, 0.2) is 0 Å². The fraction of sp³-hybridized carbons (Fsp3) is 0.588. The number of benzene rings is 1. The predicted molar refractivity (Wildman–Crippen MR) is 86.1 cm³/mol. The van der Waals surface area contributed by atoms with Gasteiger partial charge >= 0.3 is 6.03 Å². The first-order chi connectivity index (χ1) is 10.6. The van der Waals surface area contributed by atoms with Gasteiger partial charge in [0.1, 0.15) is 5.75 Å². The molecule has 1 aliphatic heterocycles. The first kappa shape index (κ1) is 16.6. The quantitative estimate of drug-likeness (QED) is 0.818. The number of methoxy groups -OCH3 is 1. The highest BCUT2D eigenvalue weighted by Gasteiger charge is 2.26. The van der Waals surface area contributed by atoms with Crippen LogP contribution in [0.5, 0.6) is 5.75 Å². The van der Waals surface area contributed by atoms with E-state index in [0.717, 1.165) is 31.6 Å². The number of hydrogen-bond donors (Lipinski definition) is 2. The first-order valence-corrected chi connectivity index (χ1v) is 7.94. The topological polar surface area (TPSA) is 61.8 Å². The van der Waals surface area contributed by atoms with E-state index < -0.39 is 6.10 Å². The lowest BCUT2D eigenvalue weighted by atomic mass is 9.96. The molecule has 0 aromatic heterocycles. The van der Waals surface area contributed by atoms with Crippen LogP contribution in [0, 0.1) is 5.92 Å². The summed E-state index contributed by atoms with van der Waals surface area (Å²) in [5.74, 6) is 1.13. The number of aliphatic hydroxyl groups excluding tert-OH is 1. The van der Waals surface area contributed by atoms with E-state index in [0.29, 0.717) is 13.1 Å². The largest absolute Gasteiger partial charge is 0.497 e. The Morgan fingerprint density at radius 2 is 2.14 bits per heavy atom. The number of aliphatic hydroxyl groups is 1. The lowest BCUT2D eigenvalue weighted by Crippen LogP contribution is -2.49. The van der Waals surface area contributed by atoms with Crippen molar-refractivity contribution in [2.45, 2.75) is 32.3 Å². The van der Waals surface area contributed by atoms with E-state index in [2.05, 4.69) is 5.32 Å². The molecular formula is C17H26N2O3. The van der Waals surface area contributed by atoms with Crippen LogP contribution in [-0.4, -0.2) is 48.9 Å². The fourth-order valence-electron chi connectivity index (χ4n) is 2.63. The van der Waals surface area contributed by atoms with Crippen molar-refractivity contribution in [2.75, 3.05) is 26.7 Å². The monoisotopic (exact) mass is 306 g/mol. The SMILES string of the molecule is COc1ccc(CCCNC(=O)N2CCC(C)C(O)C2)cc1. The summed E-state index contributed by atoms with van der Waals surface area (Å²) in [7, 11) is 1.66. The number of carbonyl (C=O) groups is 1. The maximum atomic E-state index is 12.0. The molecule has 22 heavy (non-hydrogen) atoms. The summed E-state index contributed by atoms with van der Waals surface area (Å²) in [6.07, 6.45) is 2.27. The molecule has 2 N–H and O–H groups in total. The Labute approximate surface area is 132 Å². The van der Waals surface area contributed by atoms with Crippen LogP contribution in [0.2, 0.25) is 0 Å². The van der Waals surface area contributed by atoms with Crippen LogP contribution in [-0.2, 0) is 6.42 Å².